The van der Waals surface area contributed by atoms with Crippen molar-refractivity contribution in [3.8, 4) is 78.1 Å². The summed E-state index contributed by atoms with van der Waals surface area (Å²) in [6, 6.07) is 96.7. The van der Waals surface area contributed by atoms with Gasteiger partial charge in [0.15, 0.2) is 0 Å². The number of pyridine rings is 2. The van der Waals surface area contributed by atoms with Crippen molar-refractivity contribution >= 4 is 64.9 Å². The molecule has 0 radical (unpaired) electrons. The zero-order valence-corrected chi connectivity index (χ0v) is 39.3. The summed E-state index contributed by atoms with van der Waals surface area (Å²) in [6.45, 7) is 0. The summed E-state index contributed by atoms with van der Waals surface area (Å²) in [5.41, 5.74) is 18.0. The first kappa shape index (κ1) is 41.5. The third kappa shape index (κ3) is 7.37. The van der Waals surface area contributed by atoms with Crippen molar-refractivity contribution in [1.29, 1.82) is 0 Å². The van der Waals surface area contributed by atoms with Gasteiger partial charge in [0.25, 0.3) is 0 Å². The quantitative estimate of drug-likeness (QED) is 0.149. The molecule has 0 aliphatic carbocycles. The molecule has 0 aliphatic heterocycles. The largest absolute Gasteiger partial charge is 0.247 e. The minimum atomic E-state index is 0.962. The van der Waals surface area contributed by atoms with E-state index in [2.05, 4.69) is 267 Å². The lowest BCUT2D eigenvalue weighted by atomic mass is 9.94. The van der Waals surface area contributed by atoms with Crippen LogP contribution in [0.15, 0.2) is 267 Å². The van der Waals surface area contributed by atoms with Crippen LogP contribution in [-0.2, 0) is 0 Å². The fourth-order valence-electron chi connectivity index (χ4n) is 10.8. The Morgan fingerprint density at radius 3 is 0.958 bits per heavy atom. The summed E-state index contributed by atoms with van der Waals surface area (Å²) in [5.74, 6) is 0. The number of aromatic nitrogens is 2. The monoisotopic (exact) mass is 912 g/mol. The molecule has 0 atom stereocenters. The van der Waals surface area contributed by atoms with Gasteiger partial charge in [0.2, 0.25) is 0 Å². The molecule has 0 amide bonds. The molecule has 0 spiro atoms. The normalized spacial score (nSPS) is 11.6. The van der Waals surface area contributed by atoms with Crippen molar-refractivity contribution in [3.63, 3.8) is 0 Å². The van der Waals surface area contributed by atoms with Crippen molar-refractivity contribution in [1.82, 2.24) is 9.97 Å². The number of hydrogen-bond donors (Lipinski definition) is 0. The van der Waals surface area contributed by atoms with Crippen LogP contribution in [-0.4, -0.2) is 9.97 Å². The van der Waals surface area contributed by atoms with Gasteiger partial charge in [-0.2, -0.15) is 0 Å². The van der Waals surface area contributed by atoms with E-state index >= 15 is 0 Å². The Kier molecular flexibility index (Phi) is 9.89. The molecule has 0 saturated heterocycles. The summed E-state index contributed by atoms with van der Waals surface area (Å²) in [4.78, 5) is 10.6. The first-order valence-corrected chi connectivity index (χ1v) is 24.7. The van der Waals surface area contributed by atoms with Crippen molar-refractivity contribution in [2.24, 2.45) is 0 Å². The van der Waals surface area contributed by atoms with E-state index in [1.165, 1.54) is 88.0 Å². The van der Waals surface area contributed by atoms with Crippen molar-refractivity contribution < 1.29 is 0 Å². The SMILES string of the molecule is c1cc(-c2ccc(-c3ccc4ccc5ccc(-c6cccc7ccccc67)cc5c4n3)cc2)cc(-c2cccc(-c3ccc(-c4ccc5ccc6ccc(-c7cccc8ccccc78)cc6c5n4)cc3)c2)c1. The van der Waals surface area contributed by atoms with Crippen molar-refractivity contribution in [3.05, 3.63) is 267 Å². The Bertz CT molecular complexity index is 4140. The topological polar surface area (TPSA) is 25.8 Å². The van der Waals surface area contributed by atoms with Gasteiger partial charge in [0.1, 0.15) is 0 Å². The van der Waals surface area contributed by atoms with Crippen LogP contribution in [0.1, 0.15) is 0 Å². The van der Waals surface area contributed by atoms with Crippen LogP contribution in [0.4, 0.5) is 0 Å². The molecular weight excluding hydrogens is 869 g/mol. The highest BCUT2D eigenvalue weighted by Crippen LogP contribution is 2.38. The first-order chi connectivity index (χ1) is 35.6. The maximum Gasteiger partial charge on any atom is 0.0788 e. The van der Waals surface area contributed by atoms with Crippen LogP contribution in [0.5, 0.6) is 0 Å². The Hall–Kier alpha value is -9.50. The minimum absolute atomic E-state index is 0.962. The van der Waals surface area contributed by atoms with E-state index in [1.807, 2.05) is 0 Å². The molecule has 2 heteroatoms. The standard InChI is InChI=1S/C70H44N2/c1-3-17-61-47(9-1)11-7-19-63(61)59-35-27-49-25-33-53-37-39-67(71-69(53)65(49)43-59)51-29-21-45(22-30-51)55-13-5-15-57(41-55)58-16-6-14-56(42-58)46-23-31-52(32-24-46)68-40-38-54-34-26-50-28-36-60(44-66(50)70(54)72-68)64-20-8-12-48-10-2-4-18-62(48)64/h1-44H. The number of rotatable bonds is 7. The molecule has 0 aliphatic rings. The minimum Gasteiger partial charge on any atom is -0.247 e. The predicted molar refractivity (Wildman–Crippen MR) is 305 cm³/mol. The lowest BCUT2D eigenvalue weighted by Gasteiger charge is -2.11. The second-order valence-electron chi connectivity index (χ2n) is 18.9. The molecule has 72 heavy (non-hydrogen) atoms. The summed E-state index contributed by atoms with van der Waals surface area (Å²) < 4.78 is 0. The third-order valence-corrected chi connectivity index (χ3v) is 14.6. The van der Waals surface area contributed by atoms with Gasteiger partial charge in [-0.15, -0.1) is 0 Å². The van der Waals surface area contributed by atoms with Gasteiger partial charge in [-0.3, -0.25) is 0 Å². The first-order valence-electron chi connectivity index (χ1n) is 24.7. The highest BCUT2D eigenvalue weighted by molar-refractivity contribution is 6.10. The van der Waals surface area contributed by atoms with Gasteiger partial charge < -0.3 is 0 Å². The Balaban J connectivity index is 0.725. The van der Waals surface area contributed by atoms with Gasteiger partial charge in [-0.25, -0.2) is 9.97 Å². The Labute approximate surface area is 417 Å². The molecule has 0 saturated carbocycles. The molecule has 0 unspecified atom stereocenters. The van der Waals surface area contributed by atoms with Gasteiger partial charge in [0, 0.05) is 32.7 Å². The zero-order chi connectivity index (χ0) is 47.5. The number of benzene rings is 12. The predicted octanol–water partition coefficient (Wildman–Crippen LogP) is 19.1. The molecular formula is C70H44N2. The highest BCUT2D eigenvalue weighted by Gasteiger charge is 2.13. The van der Waals surface area contributed by atoms with E-state index in [4.69, 9.17) is 9.97 Å². The third-order valence-electron chi connectivity index (χ3n) is 14.6. The van der Waals surface area contributed by atoms with Gasteiger partial charge >= 0.3 is 0 Å². The number of hydrogen-bond acceptors (Lipinski definition) is 2. The molecule has 334 valence electrons. The lowest BCUT2D eigenvalue weighted by Crippen LogP contribution is -1.89. The molecule has 12 aromatic carbocycles. The van der Waals surface area contributed by atoms with Crippen LogP contribution in [0.2, 0.25) is 0 Å². The Morgan fingerprint density at radius 2 is 0.500 bits per heavy atom. The average Bonchev–Trinajstić information content (AvgIpc) is 3.46. The highest BCUT2D eigenvalue weighted by atomic mass is 14.7. The molecule has 0 fully saturated rings. The van der Waals surface area contributed by atoms with Gasteiger partial charge in [-0.1, -0.05) is 231 Å². The fraction of sp³-hybridized carbons (Fsp3) is 0. The second-order valence-corrected chi connectivity index (χ2v) is 18.9. The van der Waals surface area contributed by atoms with Crippen molar-refractivity contribution in [2.75, 3.05) is 0 Å². The van der Waals surface area contributed by atoms with Gasteiger partial charge in [0.05, 0.1) is 22.4 Å². The van der Waals surface area contributed by atoms with E-state index in [1.54, 1.807) is 0 Å². The summed E-state index contributed by atoms with van der Waals surface area (Å²) in [6.07, 6.45) is 0. The lowest BCUT2D eigenvalue weighted by molar-refractivity contribution is 1.41. The summed E-state index contributed by atoms with van der Waals surface area (Å²) in [7, 11) is 0. The van der Waals surface area contributed by atoms with E-state index in [0.29, 0.717) is 0 Å². The fourth-order valence-corrected chi connectivity index (χ4v) is 10.8. The molecule has 2 heterocycles. The van der Waals surface area contributed by atoms with E-state index in [9.17, 15) is 0 Å². The van der Waals surface area contributed by atoms with Gasteiger partial charge in [-0.05, 0) is 124 Å². The van der Waals surface area contributed by atoms with Crippen LogP contribution >= 0.6 is 0 Å². The summed E-state index contributed by atoms with van der Waals surface area (Å²) in [5, 5.41) is 12.0. The average molecular weight is 913 g/mol. The zero-order valence-electron chi connectivity index (χ0n) is 39.3. The maximum atomic E-state index is 5.32. The maximum absolute atomic E-state index is 5.32. The number of fused-ring (bicyclic) bond motifs is 8. The molecule has 2 nitrogen and oxygen atoms in total. The smallest absolute Gasteiger partial charge is 0.0788 e. The van der Waals surface area contributed by atoms with Crippen molar-refractivity contribution in [2.45, 2.75) is 0 Å². The van der Waals surface area contributed by atoms with Crippen LogP contribution in [0.25, 0.3) is 143 Å². The van der Waals surface area contributed by atoms with E-state index in [-0.39, 0.29) is 0 Å². The summed E-state index contributed by atoms with van der Waals surface area (Å²) >= 11 is 0. The molecule has 0 bridgehead atoms. The molecule has 2 aromatic heterocycles. The molecule has 14 rings (SSSR count). The van der Waals surface area contributed by atoms with E-state index in [0.717, 1.165) is 55.1 Å². The van der Waals surface area contributed by atoms with Crippen LogP contribution < -0.4 is 0 Å². The van der Waals surface area contributed by atoms with E-state index < -0.39 is 0 Å². The second kappa shape index (κ2) is 17.2. The molecule has 14 aromatic rings. The molecule has 0 N–H and O–H groups in total. The Morgan fingerprint density at radius 1 is 0.181 bits per heavy atom. The van der Waals surface area contributed by atoms with Crippen LogP contribution in [0, 0.1) is 0 Å². The number of nitrogens with zero attached hydrogens (tertiary/aromatic N) is 2. The van der Waals surface area contributed by atoms with Crippen LogP contribution in [0.3, 0.4) is 0 Å².